The Bertz CT molecular complexity index is 720. The van der Waals surface area contributed by atoms with Crippen LogP contribution >= 0.6 is 11.3 Å². The fourth-order valence-corrected chi connectivity index (χ4v) is 4.52. The van der Waals surface area contributed by atoms with Crippen molar-refractivity contribution in [1.29, 1.82) is 0 Å². The van der Waals surface area contributed by atoms with Crippen LogP contribution in [-0.2, 0) is 6.42 Å². The summed E-state index contributed by atoms with van der Waals surface area (Å²) >= 11 is 1.79. The van der Waals surface area contributed by atoms with Crippen molar-refractivity contribution in [2.75, 3.05) is 26.2 Å². The molecule has 1 saturated heterocycles. The lowest BCUT2D eigenvalue weighted by Gasteiger charge is -2.39. The van der Waals surface area contributed by atoms with Gasteiger partial charge in [-0.15, -0.1) is 11.3 Å². The van der Waals surface area contributed by atoms with Gasteiger partial charge in [-0.3, -0.25) is 4.99 Å². The zero-order valence-electron chi connectivity index (χ0n) is 16.3. The van der Waals surface area contributed by atoms with Gasteiger partial charge in [0.05, 0.1) is 23.1 Å². The lowest BCUT2D eigenvalue weighted by atomic mass is 9.93. The molecule has 0 radical (unpaired) electrons. The zero-order chi connectivity index (χ0) is 18.5. The number of likely N-dealkylation sites (tertiary alicyclic amines) is 1. The number of aromatic nitrogens is 3. The topological polar surface area (TPSA) is 58.3 Å². The lowest BCUT2D eigenvalue weighted by molar-refractivity contribution is 0.189. The fourth-order valence-electron chi connectivity index (χ4n) is 3.59. The second-order valence-electron chi connectivity index (χ2n) is 7.02. The Morgan fingerprint density at radius 1 is 1.42 bits per heavy atom. The van der Waals surface area contributed by atoms with E-state index in [2.05, 4.69) is 58.6 Å². The summed E-state index contributed by atoms with van der Waals surface area (Å²) < 4.78 is 2.24. The van der Waals surface area contributed by atoms with E-state index in [4.69, 9.17) is 4.99 Å². The van der Waals surface area contributed by atoms with E-state index in [9.17, 15) is 0 Å². The normalized spacial score (nSPS) is 21.2. The Balaban J connectivity index is 1.67. The SMILES string of the molecule is CCNC(=NCCc1sc(C)nc1C)N1CCC(C)C(n2ccnc2)C1. The van der Waals surface area contributed by atoms with Crippen LogP contribution in [0.3, 0.4) is 0 Å². The van der Waals surface area contributed by atoms with Crippen molar-refractivity contribution < 1.29 is 0 Å². The van der Waals surface area contributed by atoms with Crippen molar-refractivity contribution in [2.24, 2.45) is 10.9 Å². The number of aryl methyl sites for hydroxylation is 2. The van der Waals surface area contributed by atoms with Gasteiger partial charge in [0.15, 0.2) is 5.96 Å². The van der Waals surface area contributed by atoms with Crippen LogP contribution < -0.4 is 5.32 Å². The van der Waals surface area contributed by atoms with Crippen LogP contribution in [0.2, 0.25) is 0 Å². The van der Waals surface area contributed by atoms with E-state index < -0.39 is 0 Å². The van der Waals surface area contributed by atoms with Crippen LogP contribution in [0.4, 0.5) is 0 Å². The van der Waals surface area contributed by atoms with E-state index in [1.165, 1.54) is 11.3 Å². The minimum Gasteiger partial charge on any atom is -0.357 e. The van der Waals surface area contributed by atoms with Crippen LogP contribution in [0.15, 0.2) is 23.7 Å². The largest absolute Gasteiger partial charge is 0.357 e. The average Bonchev–Trinajstić information content (AvgIpc) is 3.25. The molecule has 0 aliphatic carbocycles. The van der Waals surface area contributed by atoms with Crippen molar-refractivity contribution in [3.05, 3.63) is 34.3 Å². The van der Waals surface area contributed by atoms with Crippen LogP contribution in [0.1, 0.15) is 41.9 Å². The second kappa shape index (κ2) is 8.66. The average molecular weight is 375 g/mol. The molecule has 2 aromatic heterocycles. The van der Waals surface area contributed by atoms with E-state index in [1.54, 1.807) is 11.3 Å². The summed E-state index contributed by atoms with van der Waals surface area (Å²) in [5, 5.41) is 4.62. The number of thiazole rings is 1. The van der Waals surface area contributed by atoms with E-state index in [-0.39, 0.29) is 0 Å². The molecule has 26 heavy (non-hydrogen) atoms. The summed E-state index contributed by atoms with van der Waals surface area (Å²) in [5.74, 6) is 1.68. The van der Waals surface area contributed by atoms with Gasteiger partial charge in [-0.1, -0.05) is 6.92 Å². The smallest absolute Gasteiger partial charge is 0.193 e. The van der Waals surface area contributed by atoms with Crippen molar-refractivity contribution in [3.8, 4) is 0 Å². The van der Waals surface area contributed by atoms with Gasteiger partial charge in [0.25, 0.3) is 0 Å². The first-order valence-electron chi connectivity index (χ1n) is 9.52. The molecule has 2 atom stereocenters. The highest BCUT2D eigenvalue weighted by atomic mass is 32.1. The van der Waals surface area contributed by atoms with E-state index >= 15 is 0 Å². The van der Waals surface area contributed by atoms with Crippen LogP contribution in [-0.4, -0.2) is 51.6 Å². The summed E-state index contributed by atoms with van der Waals surface area (Å²) in [4.78, 5) is 17.4. The van der Waals surface area contributed by atoms with Gasteiger partial charge in [-0.2, -0.15) is 0 Å². The third-order valence-corrected chi connectivity index (χ3v) is 6.19. The van der Waals surface area contributed by atoms with Gasteiger partial charge in [0.1, 0.15) is 0 Å². The van der Waals surface area contributed by atoms with Gasteiger partial charge in [0.2, 0.25) is 0 Å². The molecule has 2 aromatic rings. The summed E-state index contributed by atoms with van der Waals surface area (Å²) in [5.41, 5.74) is 1.15. The highest BCUT2D eigenvalue weighted by Crippen LogP contribution is 2.27. The molecular weight excluding hydrogens is 344 g/mol. The molecule has 3 heterocycles. The van der Waals surface area contributed by atoms with E-state index in [1.807, 2.05) is 12.5 Å². The molecule has 3 rings (SSSR count). The van der Waals surface area contributed by atoms with Gasteiger partial charge < -0.3 is 14.8 Å². The Labute approximate surface area is 160 Å². The van der Waals surface area contributed by atoms with Gasteiger partial charge in [-0.25, -0.2) is 9.97 Å². The molecule has 0 bridgehead atoms. The number of hydrogen-bond donors (Lipinski definition) is 1. The standard InChI is InChI=1S/C19H30N6S/c1-5-21-19(22-8-6-18-15(3)23-16(4)26-18)24-10-7-14(2)17(12-24)25-11-9-20-13-25/h9,11,13-14,17H,5-8,10,12H2,1-4H3,(H,21,22). The fraction of sp³-hybridized carbons (Fsp3) is 0.632. The molecule has 1 aliphatic heterocycles. The van der Waals surface area contributed by atoms with Gasteiger partial charge in [-0.05, 0) is 33.1 Å². The molecule has 7 heteroatoms. The number of nitrogens with one attached hydrogen (secondary N) is 1. The lowest BCUT2D eigenvalue weighted by Crippen LogP contribution is -2.49. The Morgan fingerprint density at radius 2 is 2.27 bits per heavy atom. The van der Waals surface area contributed by atoms with Crippen LogP contribution in [0.25, 0.3) is 0 Å². The van der Waals surface area contributed by atoms with Gasteiger partial charge in [0, 0.05) is 49.9 Å². The number of nitrogens with zero attached hydrogens (tertiary/aromatic N) is 5. The highest BCUT2D eigenvalue weighted by molar-refractivity contribution is 7.11. The van der Waals surface area contributed by atoms with Crippen LogP contribution in [0.5, 0.6) is 0 Å². The molecule has 1 fully saturated rings. The van der Waals surface area contributed by atoms with Crippen molar-refractivity contribution in [1.82, 2.24) is 24.8 Å². The van der Waals surface area contributed by atoms with Gasteiger partial charge >= 0.3 is 0 Å². The number of imidazole rings is 1. The summed E-state index contributed by atoms with van der Waals surface area (Å²) in [6.45, 7) is 12.3. The maximum atomic E-state index is 4.91. The zero-order valence-corrected chi connectivity index (χ0v) is 17.1. The van der Waals surface area contributed by atoms with E-state index in [0.29, 0.717) is 12.0 Å². The molecule has 6 nitrogen and oxygen atoms in total. The first-order chi connectivity index (χ1) is 12.6. The molecule has 1 N–H and O–H groups in total. The molecule has 0 spiro atoms. The maximum absolute atomic E-state index is 4.91. The number of aliphatic imine (C=N–C) groups is 1. The van der Waals surface area contributed by atoms with Crippen molar-refractivity contribution in [2.45, 2.75) is 46.6 Å². The predicted octanol–water partition coefficient (Wildman–Crippen LogP) is 3.05. The summed E-state index contributed by atoms with van der Waals surface area (Å²) in [6.07, 6.45) is 8.00. The Hall–Kier alpha value is -1.89. The third kappa shape index (κ3) is 4.44. The minimum absolute atomic E-state index is 0.446. The first kappa shape index (κ1) is 18.9. The van der Waals surface area contributed by atoms with Crippen LogP contribution in [0, 0.1) is 19.8 Å². The second-order valence-corrected chi connectivity index (χ2v) is 8.30. The monoisotopic (exact) mass is 374 g/mol. The van der Waals surface area contributed by atoms with E-state index in [0.717, 1.165) is 49.3 Å². The maximum Gasteiger partial charge on any atom is 0.193 e. The molecule has 142 valence electrons. The molecule has 2 unspecified atom stereocenters. The van der Waals surface area contributed by atoms with Crippen molar-refractivity contribution >= 4 is 17.3 Å². The Morgan fingerprint density at radius 3 is 2.92 bits per heavy atom. The molecule has 1 aliphatic rings. The number of guanidine groups is 1. The summed E-state index contributed by atoms with van der Waals surface area (Å²) in [6, 6.07) is 0.446. The Kier molecular flexibility index (Phi) is 6.29. The molecular formula is C19H30N6S. The number of piperidine rings is 1. The van der Waals surface area contributed by atoms with Crippen molar-refractivity contribution in [3.63, 3.8) is 0 Å². The number of rotatable bonds is 5. The highest BCUT2D eigenvalue weighted by Gasteiger charge is 2.28. The summed E-state index contributed by atoms with van der Waals surface area (Å²) in [7, 11) is 0. The quantitative estimate of drug-likeness (QED) is 0.645. The predicted molar refractivity (Wildman–Crippen MR) is 108 cm³/mol. The minimum atomic E-state index is 0.446. The molecule has 0 amide bonds. The molecule has 0 aromatic carbocycles. The third-order valence-electron chi connectivity index (χ3n) is 5.06. The number of hydrogen-bond acceptors (Lipinski definition) is 4. The molecule has 0 saturated carbocycles. The first-order valence-corrected chi connectivity index (χ1v) is 10.3.